The standard InChI is InChI=1S/C20H15N3O3S/c1-12(23-19(25)14-9-5-6-10-15(14)20(23)26)17(24)22-16-11-21-18(27-16)13-7-3-2-4-8-13/h2-12H,1H3,(H,22,24). The Kier molecular flexibility index (Phi) is 4.29. The molecular weight excluding hydrogens is 362 g/mol. The number of anilines is 1. The van der Waals surface area contributed by atoms with Gasteiger partial charge in [0.2, 0.25) is 5.91 Å². The number of rotatable bonds is 4. The maximum Gasteiger partial charge on any atom is 0.262 e. The molecule has 27 heavy (non-hydrogen) atoms. The summed E-state index contributed by atoms with van der Waals surface area (Å²) in [5.74, 6) is -1.34. The van der Waals surface area contributed by atoms with E-state index in [1.54, 1.807) is 30.5 Å². The maximum atomic E-state index is 12.6. The van der Waals surface area contributed by atoms with Gasteiger partial charge in [-0.3, -0.25) is 19.3 Å². The number of benzene rings is 2. The van der Waals surface area contributed by atoms with E-state index in [1.165, 1.54) is 18.3 Å². The lowest BCUT2D eigenvalue weighted by molar-refractivity contribution is -0.119. The fourth-order valence-electron chi connectivity index (χ4n) is 2.95. The van der Waals surface area contributed by atoms with Crippen LogP contribution in [0.2, 0.25) is 0 Å². The number of thiazole rings is 1. The van der Waals surface area contributed by atoms with Crippen molar-refractivity contribution in [2.24, 2.45) is 0 Å². The minimum absolute atomic E-state index is 0.325. The van der Waals surface area contributed by atoms with Crippen LogP contribution in [0.3, 0.4) is 0 Å². The SMILES string of the molecule is CC(C(=O)Nc1cnc(-c2ccccc2)s1)N1C(=O)c2ccccc2C1=O. The fourth-order valence-corrected chi connectivity index (χ4v) is 3.77. The molecule has 1 unspecified atom stereocenters. The number of fused-ring (bicyclic) bond motifs is 1. The van der Waals surface area contributed by atoms with Gasteiger partial charge in [0.05, 0.1) is 17.3 Å². The summed E-state index contributed by atoms with van der Waals surface area (Å²) in [7, 11) is 0. The van der Waals surface area contributed by atoms with Gasteiger partial charge in [-0.15, -0.1) is 0 Å². The lowest BCUT2D eigenvalue weighted by atomic mass is 10.1. The summed E-state index contributed by atoms with van der Waals surface area (Å²) >= 11 is 1.33. The summed E-state index contributed by atoms with van der Waals surface area (Å²) in [4.78, 5) is 42.9. The van der Waals surface area contributed by atoms with Crippen LogP contribution in [0.1, 0.15) is 27.6 Å². The lowest BCUT2D eigenvalue weighted by Crippen LogP contribution is -2.45. The average molecular weight is 377 g/mol. The second-order valence-electron chi connectivity index (χ2n) is 6.09. The van der Waals surface area contributed by atoms with Gasteiger partial charge in [-0.25, -0.2) is 4.98 Å². The van der Waals surface area contributed by atoms with Crippen molar-refractivity contribution in [3.05, 3.63) is 71.9 Å². The molecule has 6 nitrogen and oxygen atoms in total. The smallest absolute Gasteiger partial charge is 0.262 e. The Hall–Kier alpha value is -3.32. The molecule has 0 bridgehead atoms. The molecule has 2 aromatic carbocycles. The molecule has 1 atom stereocenters. The van der Waals surface area contributed by atoms with Gasteiger partial charge in [-0.2, -0.15) is 0 Å². The van der Waals surface area contributed by atoms with Gasteiger partial charge < -0.3 is 5.32 Å². The van der Waals surface area contributed by atoms with Crippen molar-refractivity contribution in [1.29, 1.82) is 0 Å². The monoisotopic (exact) mass is 377 g/mol. The van der Waals surface area contributed by atoms with Gasteiger partial charge >= 0.3 is 0 Å². The molecule has 0 radical (unpaired) electrons. The van der Waals surface area contributed by atoms with E-state index in [-0.39, 0.29) is 0 Å². The number of amides is 3. The first-order valence-corrected chi connectivity index (χ1v) is 9.17. The highest BCUT2D eigenvalue weighted by Crippen LogP contribution is 2.29. The van der Waals surface area contributed by atoms with E-state index < -0.39 is 23.8 Å². The highest BCUT2D eigenvalue weighted by molar-refractivity contribution is 7.19. The molecule has 7 heteroatoms. The number of aromatic nitrogens is 1. The quantitative estimate of drug-likeness (QED) is 0.707. The first-order chi connectivity index (χ1) is 13.1. The zero-order valence-electron chi connectivity index (χ0n) is 14.4. The van der Waals surface area contributed by atoms with Crippen molar-refractivity contribution >= 4 is 34.1 Å². The van der Waals surface area contributed by atoms with Crippen molar-refractivity contribution in [3.8, 4) is 10.6 Å². The van der Waals surface area contributed by atoms with E-state index in [9.17, 15) is 14.4 Å². The minimum atomic E-state index is -0.931. The predicted molar refractivity (Wildman–Crippen MR) is 103 cm³/mol. The van der Waals surface area contributed by atoms with Crippen molar-refractivity contribution in [2.75, 3.05) is 5.32 Å². The number of hydrogen-bond donors (Lipinski definition) is 1. The second kappa shape index (κ2) is 6.77. The van der Waals surface area contributed by atoms with Crippen LogP contribution in [0.25, 0.3) is 10.6 Å². The predicted octanol–water partition coefficient (Wildman–Crippen LogP) is 3.43. The minimum Gasteiger partial charge on any atom is -0.315 e. The number of nitrogens with one attached hydrogen (secondary N) is 1. The topological polar surface area (TPSA) is 79.4 Å². The molecule has 0 fully saturated rings. The molecule has 1 aromatic heterocycles. The first kappa shape index (κ1) is 17.1. The van der Waals surface area contributed by atoms with E-state index in [2.05, 4.69) is 10.3 Å². The summed E-state index contributed by atoms with van der Waals surface area (Å²) in [5.41, 5.74) is 1.61. The van der Waals surface area contributed by atoms with Crippen LogP contribution in [-0.4, -0.2) is 33.6 Å². The van der Waals surface area contributed by atoms with E-state index in [0.29, 0.717) is 16.1 Å². The summed E-state index contributed by atoms with van der Waals surface area (Å²) in [6, 6.07) is 15.3. The Balaban J connectivity index is 1.50. The van der Waals surface area contributed by atoms with Gasteiger partial charge in [0.25, 0.3) is 11.8 Å². The molecule has 0 spiro atoms. The van der Waals surface area contributed by atoms with Crippen LogP contribution in [0, 0.1) is 0 Å². The Morgan fingerprint density at radius 2 is 1.59 bits per heavy atom. The van der Waals surface area contributed by atoms with Crippen LogP contribution in [-0.2, 0) is 4.79 Å². The van der Waals surface area contributed by atoms with Gasteiger partial charge in [0.15, 0.2) is 0 Å². The number of imide groups is 1. The van der Waals surface area contributed by atoms with E-state index >= 15 is 0 Å². The lowest BCUT2D eigenvalue weighted by Gasteiger charge is -2.21. The number of carbonyl (C=O) groups excluding carboxylic acids is 3. The maximum absolute atomic E-state index is 12.6. The Morgan fingerprint density at radius 1 is 1.00 bits per heavy atom. The van der Waals surface area contributed by atoms with Crippen molar-refractivity contribution in [1.82, 2.24) is 9.88 Å². The van der Waals surface area contributed by atoms with Crippen molar-refractivity contribution in [3.63, 3.8) is 0 Å². The molecule has 0 saturated heterocycles. The van der Waals surface area contributed by atoms with Crippen LogP contribution >= 0.6 is 11.3 Å². The van der Waals surface area contributed by atoms with Crippen LogP contribution in [0.5, 0.6) is 0 Å². The van der Waals surface area contributed by atoms with Crippen LogP contribution in [0.4, 0.5) is 5.00 Å². The Bertz CT molecular complexity index is 1010. The van der Waals surface area contributed by atoms with E-state index in [0.717, 1.165) is 15.5 Å². The Morgan fingerprint density at radius 3 is 2.22 bits per heavy atom. The summed E-state index contributed by atoms with van der Waals surface area (Å²) in [6.07, 6.45) is 1.57. The van der Waals surface area contributed by atoms with E-state index in [1.807, 2.05) is 30.3 Å². The van der Waals surface area contributed by atoms with Gasteiger partial charge in [-0.1, -0.05) is 53.8 Å². The molecule has 3 aromatic rings. The van der Waals surface area contributed by atoms with Crippen molar-refractivity contribution < 1.29 is 14.4 Å². The second-order valence-corrected chi connectivity index (χ2v) is 7.12. The fraction of sp³-hybridized carbons (Fsp3) is 0.100. The van der Waals surface area contributed by atoms with Crippen LogP contribution < -0.4 is 5.32 Å². The molecule has 4 rings (SSSR count). The highest BCUT2D eigenvalue weighted by atomic mass is 32.1. The molecular formula is C20H15N3O3S. The average Bonchev–Trinajstić information content (AvgIpc) is 3.26. The zero-order chi connectivity index (χ0) is 19.0. The molecule has 0 aliphatic carbocycles. The number of nitrogens with zero attached hydrogens (tertiary/aromatic N) is 2. The first-order valence-electron chi connectivity index (χ1n) is 8.35. The van der Waals surface area contributed by atoms with Gasteiger partial charge in [-0.05, 0) is 19.1 Å². The zero-order valence-corrected chi connectivity index (χ0v) is 15.2. The number of carbonyl (C=O) groups is 3. The van der Waals surface area contributed by atoms with Gasteiger partial charge in [0.1, 0.15) is 16.1 Å². The molecule has 2 heterocycles. The third kappa shape index (κ3) is 3.02. The van der Waals surface area contributed by atoms with Crippen LogP contribution in [0.15, 0.2) is 60.8 Å². The number of hydrogen-bond acceptors (Lipinski definition) is 5. The molecule has 1 N–H and O–H groups in total. The van der Waals surface area contributed by atoms with E-state index in [4.69, 9.17) is 0 Å². The van der Waals surface area contributed by atoms with Gasteiger partial charge in [0, 0.05) is 5.56 Å². The Labute approximate surface area is 159 Å². The highest BCUT2D eigenvalue weighted by Gasteiger charge is 2.40. The largest absolute Gasteiger partial charge is 0.315 e. The normalized spacial score (nSPS) is 14.2. The summed E-state index contributed by atoms with van der Waals surface area (Å²) in [6.45, 7) is 1.54. The molecule has 134 valence electrons. The molecule has 0 saturated carbocycles. The third-order valence-electron chi connectivity index (χ3n) is 4.37. The molecule has 3 amide bonds. The molecule has 1 aliphatic heterocycles. The van der Waals surface area contributed by atoms with Crippen molar-refractivity contribution in [2.45, 2.75) is 13.0 Å². The summed E-state index contributed by atoms with van der Waals surface area (Å²) < 4.78 is 0. The molecule has 1 aliphatic rings. The summed E-state index contributed by atoms with van der Waals surface area (Å²) in [5, 5.41) is 4.08. The third-order valence-corrected chi connectivity index (χ3v) is 5.33.